The fraction of sp³-hybridized carbons (Fsp3) is 0.731. The van der Waals surface area contributed by atoms with Gasteiger partial charge in [-0.25, -0.2) is 0 Å². The molecular formula is C26H41N. The molecule has 0 aromatic rings. The monoisotopic (exact) mass is 367 g/mol. The lowest BCUT2D eigenvalue weighted by Crippen LogP contribution is -2.22. The highest BCUT2D eigenvalue weighted by Gasteiger charge is 2.28. The number of allylic oxidation sites excluding steroid dienone is 5. The van der Waals surface area contributed by atoms with Crippen LogP contribution in [0.15, 0.2) is 36.5 Å². The van der Waals surface area contributed by atoms with Gasteiger partial charge in [-0.1, -0.05) is 75.8 Å². The van der Waals surface area contributed by atoms with Crippen LogP contribution >= 0.6 is 0 Å². The minimum Gasteiger partial charge on any atom is -0.193 e. The minimum atomic E-state index is 0.695. The summed E-state index contributed by atoms with van der Waals surface area (Å²) in [5, 5.41) is 8.53. The minimum absolute atomic E-state index is 0.695. The van der Waals surface area contributed by atoms with Gasteiger partial charge in [0.2, 0.25) is 0 Å². The lowest BCUT2D eigenvalue weighted by molar-refractivity contribution is 0.252. The van der Waals surface area contributed by atoms with Crippen LogP contribution in [0.3, 0.4) is 0 Å². The molecule has 150 valence electrons. The molecule has 0 aliphatic heterocycles. The van der Waals surface area contributed by atoms with Gasteiger partial charge in [-0.05, 0) is 75.0 Å². The van der Waals surface area contributed by atoms with Crippen LogP contribution < -0.4 is 0 Å². The van der Waals surface area contributed by atoms with E-state index in [1.807, 2.05) is 18.2 Å². The van der Waals surface area contributed by atoms with E-state index in [4.69, 9.17) is 5.26 Å². The van der Waals surface area contributed by atoms with Crippen LogP contribution in [0.1, 0.15) is 96.8 Å². The Hall–Kier alpha value is -1.29. The summed E-state index contributed by atoms with van der Waals surface area (Å²) in [5.74, 6) is 3.26. The number of hydrogen-bond acceptors (Lipinski definition) is 1. The Morgan fingerprint density at radius 2 is 1.52 bits per heavy atom. The van der Waals surface area contributed by atoms with Crippen molar-refractivity contribution < 1.29 is 0 Å². The van der Waals surface area contributed by atoms with Gasteiger partial charge >= 0.3 is 0 Å². The number of unbranched alkanes of at least 4 members (excludes halogenated alkanes) is 4. The molecule has 2 fully saturated rings. The standard InChI is InChI=1S/C26H41N/c1-3-4-5-6-8-11-23-13-17-25(18-14-23)22(2)26-19-15-24(16-20-26)12-9-7-10-21-27/h7,9-10,12,23-26H,2-6,8,11,13-20H2,1H3/b10-7+,12-9+. The van der Waals surface area contributed by atoms with Crippen molar-refractivity contribution in [3.05, 3.63) is 36.5 Å². The molecule has 0 heterocycles. The van der Waals surface area contributed by atoms with Crippen LogP contribution in [0.4, 0.5) is 0 Å². The van der Waals surface area contributed by atoms with Crippen molar-refractivity contribution in [2.75, 3.05) is 0 Å². The zero-order valence-corrected chi connectivity index (χ0v) is 17.7. The first kappa shape index (κ1) is 22.0. The van der Waals surface area contributed by atoms with E-state index in [9.17, 15) is 0 Å². The Morgan fingerprint density at radius 3 is 2.15 bits per heavy atom. The summed E-state index contributed by atoms with van der Waals surface area (Å²) in [6.45, 7) is 6.87. The van der Waals surface area contributed by atoms with Crippen molar-refractivity contribution in [1.29, 1.82) is 5.26 Å². The van der Waals surface area contributed by atoms with E-state index in [-0.39, 0.29) is 0 Å². The smallest absolute Gasteiger partial charge is 0.0912 e. The molecule has 2 aliphatic rings. The van der Waals surface area contributed by atoms with Crippen LogP contribution in [0.25, 0.3) is 0 Å². The molecule has 1 heteroatoms. The molecule has 0 radical (unpaired) electrons. The maximum absolute atomic E-state index is 8.53. The summed E-state index contributed by atoms with van der Waals surface area (Å²) >= 11 is 0. The van der Waals surface area contributed by atoms with Gasteiger partial charge in [0.25, 0.3) is 0 Å². The topological polar surface area (TPSA) is 23.8 Å². The van der Waals surface area contributed by atoms with Crippen LogP contribution in [0, 0.1) is 35.0 Å². The van der Waals surface area contributed by atoms with Crippen molar-refractivity contribution in [3.63, 3.8) is 0 Å². The van der Waals surface area contributed by atoms with Crippen molar-refractivity contribution in [1.82, 2.24) is 0 Å². The second kappa shape index (κ2) is 13.0. The van der Waals surface area contributed by atoms with Gasteiger partial charge in [-0.3, -0.25) is 0 Å². The van der Waals surface area contributed by atoms with Crippen molar-refractivity contribution >= 4 is 0 Å². The lowest BCUT2D eigenvalue weighted by Gasteiger charge is -2.35. The van der Waals surface area contributed by atoms with Gasteiger partial charge in [0.1, 0.15) is 0 Å². The van der Waals surface area contributed by atoms with Crippen LogP contribution in [0.5, 0.6) is 0 Å². The first-order valence-corrected chi connectivity index (χ1v) is 11.7. The summed E-state index contributed by atoms with van der Waals surface area (Å²) in [6.07, 6.45) is 27.2. The number of nitriles is 1. The zero-order valence-electron chi connectivity index (χ0n) is 17.7. The predicted octanol–water partition coefficient (Wildman–Crippen LogP) is 8.15. The third-order valence-corrected chi connectivity index (χ3v) is 7.05. The lowest BCUT2D eigenvalue weighted by atomic mass is 9.70. The molecule has 2 rings (SSSR count). The van der Waals surface area contributed by atoms with E-state index in [1.54, 1.807) is 11.6 Å². The van der Waals surface area contributed by atoms with E-state index in [1.165, 1.54) is 89.9 Å². The average molecular weight is 368 g/mol. The molecule has 0 unspecified atom stereocenters. The molecule has 0 N–H and O–H groups in total. The second-order valence-corrected chi connectivity index (χ2v) is 8.98. The molecule has 0 atom stereocenters. The first-order chi connectivity index (χ1) is 13.2. The third-order valence-electron chi connectivity index (χ3n) is 7.05. The average Bonchev–Trinajstić information content (AvgIpc) is 2.71. The summed E-state index contributed by atoms with van der Waals surface area (Å²) in [6, 6.07) is 2.04. The van der Waals surface area contributed by atoms with Gasteiger partial charge in [0.15, 0.2) is 0 Å². The van der Waals surface area contributed by atoms with E-state index in [0.29, 0.717) is 5.92 Å². The molecule has 2 saturated carbocycles. The molecular weight excluding hydrogens is 326 g/mol. The molecule has 27 heavy (non-hydrogen) atoms. The van der Waals surface area contributed by atoms with E-state index >= 15 is 0 Å². The molecule has 0 bridgehead atoms. The maximum Gasteiger partial charge on any atom is 0.0912 e. The second-order valence-electron chi connectivity index (χ2n) is 8.98. The van der Waals surface area contributed by atoms with Crippen LogP contribution in [-0.4, -0.2) is 0 Å². The van der Waals surface area contributed by atoms with E-state index < -0.39 is 0 Å². The summed E-state index contributed by atoms with van der Waals surface area (Å²) < 4.78 is 0. The highest BCUT2D eigenvalue weighted by molar-refractivity contribution is 5.13. The molecule has 0 spiro atoms. The van der Waals surface area contributed by atoms with Gasteiger partial charge in [0, 0.05) is 6.08 Å². The quantitative estimate of drug-likeness (QED) is 0.165. The van der Waals surface area contributed by atoms with Gasteiger partial charge in [-0.15, -0.1) is 0 Å². The fourth-order valence-electron chi connectivity index (χ4n) is 5.19. The zero-order chi connectivity index (χ0) is 19.3. The maximum atomic E-state index is 8.53. The fourth-order valence-corrected chi connectivity index (χ4v) is 5.19. The Kier molecular flexibility index (Phi) is 10.6. The van der Waals surface area contributed by atoms with Gasteiger partial charge < -0.3 is 0 Å². The largest absolute Gasteiger partial charge is 0.193 e. The highest BCUT2D eigenvalue weighted by atomic mass is 14.3. The number of rotatable bonds is 10. The first-order valence-electron chi connectivity index (χ1n) is 11.7. The van der Waals surface area contributed by atoms with Gasteiger partial charge in [0.05, 0.1) is 6.07 Å². The highest BCUT2D eigenvalue weighted by Crippen LogP contribution is 2.42. The molecule has 1 nitrogen and oxygen atoms in total. The van der Waals surface area contributed by atoms with Crippen molar-refractivity contribution in [2.24, 2.45) is 23.7 Å². The molecule has 0 saturated heterocycles. The summed E-state index contributed by atoms with van der Waals surface area (Å²) in [5.41, 5.74) is 1.59. The van der Waals surface area contributed by atoms with Crippen molar-refractivity contribution in [2.45, 2.75) is 96.8 Å². The Morgan fingerprint density at radius 1 is 0.889 bits per heavy atom. The summed E-state index contributed by atoms with van der Waals surface area (Å²) in [4.78, 5) is 0. The predicted molar refractivity (Wildman–Crippen MR) is 117 cm³/mol. The summed E-state index contributed by atoms with van der Waals surface area (Å²) in [7, 11) is 0. The molecule has 0 amide bonds. The normalized spacial score (nSPS) is 29.2. The molecule has 0 aromatic carbocycles. The van der Waals surface area contributed by atoms with Crippen LogP contribution in [-0.2, 0) is 0 Å². The van der Waals surface area contributed by atoms with Gasteiger partial charge in [-0.2, -0.15) is 5.26 Å². The molecule has 0 aromatic heterocycles. The SMILES string of the molecule is C=C(C1CCC(/C=C/C=C/C#N)CC1)C1CCC(CCCCCCC)CC1. The number of nitrogens with zero attached hydrogens (tertiary/aromatic N) is 1. The Balaban J connectivity index is 1.63. The van der Waals surface area contributed by atoms with Crippen LogP contribution in [0.2, 0.25) is 0 Å². The molecule has 2 aliphatic carbocycles. The van der Waals surface area contributed by atoms with E-state index in [0.717, 1.165) is 17.8 Å². The van der Waals surface area contributed by atoms with Crippen molar-refractivity contribution in [3.8, 4) is 6.07 Å². The Bertz CT molecular complexity index is 505. The van der Waals surface area contributed by atoms with E-state index in [2.05, 4.69) is 19.6 Å². The number of hydrogen-bond donors (Lipinski definition) is 0. The third kappa shape index (κ3) is 8.08. The Labute approximate surface area is 168 Å².